The number of carboxylic acid groups (broad SMARTS) is 1. The highest BCUT2D eigenvalue weighted by molar-refractivity contribution is 7.89. The van der Waals surface area contributed by atoms with Crippen molar-refractivity contribution >= 4 is 28.0 Å². The lowest BCUT2D eigenvalue weighted by molar-refractivity contribution is -0.142. The van der Waals surface area contributed by atoms with E-state index in [1.54, 1.807) is 42.5 Å². The highest BCUT2D eigenvalue weighted by Crippen LogP contribution is 2.26. The maximum absolute atomic E-state index is 12.9. The van der Waals surface area contributed by atoms with Gasteiger partial charge in [0, 0.05) is 6.54 Å². The van der Waals surface area contributed by atoms with Gasteiger partial charge in [-0.2, -0.15) is 4.31 Å². The number of ether oxygens (including phenoxy) is 1. The van der Waals surface area contributed by atoms with E-state index in [2.05, 4.69) is 10.6 Å². The maximum Gasteiger partial charge on any atom is 0.407 e. The molecule has 11 heteroatoms. The van der Waals surface area contributed by atoms with Crippen molar-refractivity contribution in [2.24, 2.45) is 0 Å². The molecule has 0 spiro atoms. The summed E-state index contributed by atoms with van der Waals surface area (Å²) in [6.45, 7) is -0.269. The summed E-state index contributed by atoms with van der Waals surface area (Å²) in [6, 6.07) is 14.2. The van der Waals surface area contributed by atoms with E-state index in [9.17, 15) is 27.9 Å². The molecule has 0 aromatic heterocycles. The molecule has 33 heavy (non-hydrogen) atoms. The van der Waals surface area contributed by atoms with E-state index in [0.717, 1.165) is 9.87 Å². The summed E-state index contributed by atoms with van der Waals surface area (Å²) >= 11 is 0. The molecule has 3 N–H and O–H groups in total. The number of carbonyl (C=O) groups excluding carboxylic acids is 2. The number of aliphatic carboxylic acids is 1. The molecule has 1 aliphatic heterocycles. The average Bonchev–Trinajstić information content (AvgIpc) is 3.32. The molecule has 3 rings (SSSR count). The molecule has 1 fully saturated rings. The quantitative estimate of drug-likeness (QED) is 0.497. The fourth-order valence-corrected chi connectivity index (χ4v) is 5.12. The molecule has 2 atom stereocenters. The molecule has 1 heterocycles. The summed E-state index contributed by atoms with van der Waals surface area (Å²) in [5, 5.41) is 14.1. The van der Waals surface area contributed by atoms with Crippen LogP contribution in [-0.4, -0.2) is 61.0 Å². The zero-order chi connectivity index (χ0) is 23.8. The number of nitrogens with zero attached hydrogens (tertiary/aromatic N) is 1. The fourth-order valence-electron chi connectivity index (χ4n) is 3.45. The van der Waals surface area contributed by atoms with Crippen molar-refractivity contribution in [3.8, 4) is 0 Å². The van der Waals surface area contributed by atoms with E-state index in [1.807, 2.05) is 6.07 Å². The number of amides is 2. The molecule has 0 aliphatic carbocycles. The summed E-state index contributed by atoms with van der Waals surface area (Å²) in [5.41, 5.74) is 0.761. The monoisotopic (exact) mass is 475 g/mol. The van der Waals surface area contributed by atoms with E-state index in [-0.39, 0.29) is 24.5 Å². The Morgan fingerprint density at radius 3 is 2.33 bits per heavy atom. The van der Waals surface area contributed by atoms with Crippen molar-refractivity contribution in [3.05, 3.63) is 66.2 Å². The van der Waals surface area contributed by atoms with Gasteiger partial charge in [-0.1, -0.05) is 48.5 Å². The summed E-state index contributed by atoms with van der Waals surface area (Å²) in [5.74, 6) is -2.11. The molecule has 2 aromatic rings. The predicted octanol–water partition coefficient (Wildman–Crippen LogP) is 1.34. The van der Waals surface area contributed by atoms with E-state index in [1.165, 1.54) is 12.1 Å². The van der Waals surface area contributed by atoms with Gasteiger partial charge >= 0.3 is 12.1 Å². The molecule has 1 aliphatic rings. The lowest BCUT2D eigenvalue weighted by Crippen LogP contribution is -2.54. The van der Waals surface area contributed by atoms with E-state index in [4.69, 9.17) is 4.74 Å². The van der Waals surface area contributed by atoms with Gasteiger partial charge in [0.15, 0.2) is 0 Å². The van der Waals surface area contributed by atoms with Crippen molar-refractivity contribution in [3.63, 3.8) is 0 Å². The lowest BCUT2D eigenvalue weighted by Gasteiger charge is -2.25. The first kappa shape index (κ1) is 24.2. The van der Waals surface area contributed by atoms with Gasteiger partial charge in [0.25, 0.3) is 0 Å². The third-order valence-corrected chi connectivity index (χ3v) is 7.06. The largest absolute Gasteiger partial charge is 0.480 e. The maximum atomic E-state index is 12.9. The number of hydrogen-bond donors (Lipinski definition) is 3. The second-order valence-corrected chi connectivity index (χ2v) is 9.32. The predicted molar refractivity (Wildman–Crippen MR) is 118 cm³/mol. The fraction of sp³-hybridized carbons (Fsp3) is 0.318. The minimum atomic E-state index is -3.91. The van der Waals surface area contributed by atoms with Gasteiger partial charge in [0.1, 0.15) is 18.7 Å². The van der Waals surface area contributed by atoms with Crippen LogP contribution in [-0.2, 0) is 31.0 Å². The van der Waals surface area contributed by atoms with Gasteiger partial charge in [-0.15, -0.1) is 0 Å². The Kier molecular flexibility index (Phi) is 8.01. The lowest BCUT2D eigenvalue weighted by atomic mass is 10.2. The zero-order valence-electron chi connectivity index (χ0n) is 17.7. The number of benzene rings is 2. The van der Waals surface area contributed by atoms with Crippen molar-refractivity contribution in [2.75, 3.05) is 13.1 Å². The molecule has 0 radical (unpaired) electrons. The second kappa shape index (κ2) is 10.9. The Labute approximate surface area is 191 Å². The molecular weight excluding hydrogens is 450 g/mol. The smallest absolute Gasteiger partial charge is 0.407 e. The average molecular weight is 476 g/mol. The van der Waals surface area contributed by atoms with Gasteiger partial charge in [-0.3, -0.25) is 4.79 Å². The molecule has 2 amide bonds. The standard InChI is InChI=1S/C22H25N3O7S/c26-20(19-12-7-13-25(19)33(30,31)17-10-5-2-6-11-17)24-18(21(27)28)14-23-22(29)32-15-16-8-3-1-4-9-16/h1-6,8-11,18-19H,7,12-15H2,(H,23,29)(H,24,26)(H,27,28)/t18-,19-/m0/s1. The summed E-state index contributed by atoms with van der Waals surface area (Å²) < 4.78 is 32.0. The SMILES string of the molecule is O=C(NC[C@H](NC(=O)[C@@H]1CCCN1S(=O)(=O)c1ccccc1)C(=O)O)OCc1ccccc1. The first-order chi connectivity index (χ1) is 15.8. The minimum absolute atomic E-state index is 0.00511. The van der Waals surface area contributed by atoms with Gasteiger partial charge in [-0.05, 0) is 30.5 Å². The van der Waals surface area contributed by atoms with Crippen LogP contribution in [0, 0.1) is 0 Å². The molecular formula is C22H25N3O7S. The van der Waals surface area contributed by atoms with Gasteiger partial charge in [0.2, 0.25) is 15.9 Å². The van der Waals surface area contributed by atoms with Crippen LogP contribution in [0.4, 0.5) is 4.79 Å². The van der Waals surface area contributed by atoms with Crippen LogP contribution in [0.5, 0.6) is 0 Å². The molecule has 176 valence electrons. The molecule has 2 aromatic carbocycles. The van der Waals surface area contributed by atoms with Crippen LogP contribution in [0.25, 0.3) is 0 Å². The van der Waals surface area contributed by atoms with Crippen LogP contribution < -0.4 is 10.6 Å². The highest BCUT2D eigenvalue weighted by atomic mass is 32.2. The van der Waals surface area contributed by atoms with Crippen LogP contribution in [0.3, 0.4) is 0 Å². The Morgan fingerprint density at radius 2 is 1.70 bits per heavy atom. The van der Waals surface area contributed by atoms with Gasteiger partial charge < -0.3 is 20.5 Å². The number of nitrogens with one attached hydrogen (secondary N) is 2. The zero-order valence-corrected chi connectivity index (χ0v) is 18.5. The Morgan fingerprint density at radius 1 is 1.06 bits per heavy atom. The van der Waals surface area contributed by atoms with E-state index < -0.39 is 46.6 Å². The minimum Gasteiger partial charge on any atom is -0.480 e. The van der Waals surface area contributed by atoms with E-state index in [0.29, 0.717) is 6.42 Å². The molecule has 10 nitrogen and oxygen atoms in total. The number of carboxylic acids is 1. The van der Waals surface area contributed by atoms with Crippen LogP contribution in [0.2, 0.25) is 0 Å². The first-order valence-electron chi connectivity index (χ1n) is 10.3. The normalized spacial score (nSPS) is 17.2. The summed E-state index contributed by atoms with van der Waals surface area (Å²) in [6.07, 6.45) is -0.114. The van der Waals surface area contributed by atoms with Crippen molar-refractivity contribution in [1.82, 2.24) is 14.9 Å². The van der Waals surface area contributed by atoms with Gasteiger partial charge in [-0.25, -0.2) is 18.0 Å². The van der Waals surface area contributed by atoms with Crippen LogP contribution in [0.15, 0.2) is 65.6 Å². The number of carbonyl (C=O) groups is 3. The summed E-state index contributed by atoms with van der Waals surface area (Å²) in [4.78, 5) is 36.3. The topological polar surface area (TPSA) is 142 Å². The van der Waals surface area contributed by atoms with Crippen molar-refractivity contribution in [1.29, 1.82) is 0 Å². The van der Waals surface area contributed by atoms with Crippen LogP contribution >= 0.6 is 0 Å². The van der Waals surface area contributed by atoms with Crippen molar-refractivity contribution in [2.45, 2.75) is 36.4 Å². The Balaban J connectivity index is 1.58. The highest BCUT2D eigenvalue weighted by Gasteiger charge is 2.40. The summed E-state index contributed by atoms with van der Waals surface area (Å²) in [7, 11) is -3.91. The number of sulfonamides is 1. The van der Waals surface area contributed by atoms with Crippen LogP contribution in [0.1, 0.15) is 18.4 Å². The molecule has 1 saturated heterocycles. The Hall–Kier alpha value is -3.44. The molecule has 0 unspecified atom stereocenters. The molecule has 0 saturated carbocycles. The Bertz CT molecular complexity index is 1080. The third kappa shape index (κ3) is 6.30. The number of rotatable bonds is 9. The van der Waals surface area contributed by atoms with Crippen molar-refractivity contribution < 1.29 is 32.6 Å². The number of alkyl carbamates (subject to hydrolysis) is 1. The number of hydrogen-bond acceptors (Lipinski definition) is 6. The second-order valence-electron chi connectivity index (χ2n) is 7.43. The first-order valence-corrected chi connectivity index (χ1v) is 11.8. The molecule has 0 bridgehead atoms. The van der Waals surface area contributed by atoms with Gasteiger partial charge in [0.05, 0.1) is 11.4 Å². The van der Waals surface area contributed by atoms with E-state index >= 15 is 0 Å². The third-order valence-electron chi connectivity index (χ3n) is 5.13.